The minimum absolute atomic E-state index is 0.644. The average Bonchev–Trinajstić information content (AvgIpc) is 3.18. The lowest BCUT2D eigenvalue weighted by atomic mass is 10.0. The number of carbonyl (C=O) groups is 1. The lowest BCUT2D eigenvalue weighted by Crippen LogP contribution is -2.48. The van der Waals surface area contributed by atoms with Gasteiger partial charge in [-0.1, -0.05) is 64.5 Å². The summed E-state index contributed by atoms with van der Waals surface area (Å²) in [4.78, 5) is 20.0. The molecule has 2 N–H and O–H groups in total. The second-order valence-electron chi connectivity index (χ2n) is 8.13. The van der Waals surface area contributed by atoms with Gasteiger partial charge in [-0.2, -0.15) is 0 Å². The third kappa shape index (κ3) is 3.99. The van der Waals surface area contributed by atoms with Gasteiger partial charge in [0, 0.05) is 59.9 Å². The van der Waals surface area contributed by atoms with E-state index in [1.807, 2.05) is 24.4 Å². The van der Waals surface area contributed by atoms with E-state index >= 15 is 0 Å². The molecule has 0 spiro atoms. The molecule has 0 saturated carbocycles. The summed E-state index contributed by atoms with van der Waals surface area (Å²) in [6, 6.07) is 20.2. The van der Waals surface area contributed by atoms with Crippen LogP contribution in [0.3, 0.4) is 0 Å². The Morgan fingerprint density at radius 3 is 2.58 bits per heavy atom. The molecule has 1 saturated heterocycles. The number of aliphatic carboxylic acids is 1. The SMILES string of the molecule is O=C(O)C(c1c[nH]c2cc(Br)ccc12)N1CCN(Cc2cccc3ccccc23)CC1. The van der Waals surface area contributed by atoms with Gasteiger partial charge < -0.3 is 10.1 Å². The van der Waals surface area contributed by atoms with Crippen LogP contribution in [-0.2, 0) is 11.3 Å². The van der Waals surface area contributed by atoms with Crippen molar-refractivity contribution in [1.82, 2.24) is 14.8 Å². The van der Waals surface area contributed by atoms with Crippen LogP contribution >= 0.6 is 15.9 Å². The standard InChI is InChI=1S/C25H24BrN3O2/c26-19-8-9-21-22(15-27-23(21)14-19)24(25(30)31)29-12-10-28(11-13-29)16-18-6-3-5-17-4-1-2-7-20(17)18/h1-9,14-15,24,27H,10-13,16H2,(H,30,31). The molecule has 2 heterocycles. The third-order valence-electron chi connectivity index (χ3n) is 6.25. The van der Waals surface area contributed by atoms with Gasteiger partial charge in [0.15, 0.2) is 0 Å². The molecule has 0 amide bonds. The normalized spacial score (nSPS) is 16.7. The highest BCUT2D eigenvalue weighted by Gasteiger charge is 2.32. The summed E-state index contributed by atoms with van der Waals surface area (Å²) in [5.41, 5.74) is 3.10. The summed E-state index contributed by atoms with van der Waals surface area (Å²) in [5.74, 6) is -0.800. The number of nitrogens with zero attached hydrogens (tertiary/aromatic N) is 2. The van der Waals surface area contributed by atoms with Gasteiger partial charge in [0.25, 0.3) is 0 Å². The highest BCUT2D eigenvalue weighted by Crippen LogP contribution is 2.31. The number of benzene rings is 3. The van der Waals surface area contributed by atoms with Crippen LogP contribution in [0.5, 0.6) is 0 Å². The fourth-order valence-electron chi connectivity index (χ4n) is 4.68. The van der Waals surface area contributed by atoms with Gasteiger partial charge >= 0.3 is 5.97 Å². The van der Waals surface area contributed by atoms with Crippen LogP contribution in [0, 0.1) is 0 Å². The van der Waals surface area contributed by atoms with Gasteiger partial charge in [-0.15, -0.1) is 0 Å². The Labute approximate surface area is 189 Å². The predicted molar refractivity (Wildman–Crippen MR) is 127 cm³/mol. The number of H-pyrrole nitrogens is 1. The Hall–Kier alpha value is -2.67. The monoisotopic (exact) mass is 477 g/mol. The van der Waals surface area contributed by atoms with Crippen molar-refractivity contribution in [3.63, 3.8) is 0 Å². The Morgan fingerprint density at radius 2 is 1.77 bits per heavy atom. The van der Waals surface area contributed by atoms with E-state index in [0.29, 0.717) is 0 Å². The highest BCUT2D eigenvalue weighted by atomic mass is 79.9. The fraction of sp³-hybridized carbons (Fsp3) is 0.240. The minimum atomic E-state index is -0.800. The van der Waals surface area contributed by atoms with E-state index in [1.54, 1.807) is 0 Å². The molecule has 6 heteroatoms. The number of piperazine rings is 1. The van der Waals surface area contributed by atoms with Gasteiger partial charge in [-0.3, -0.25) is 14.6 Å². The Kier molecular flexibility index (Phi) is 5.52. The molecule has 1 aliphatic heterocycles. The van der Waals surface area contributed by atoms with Gasteiger partial charge in [0.2, 0.25) is 0 Å². The Bertz CT molecular complexity index is 1240. The predicted octanol–water partition coefficient (Wildman–Crippen LogP) is 5.03. The summed E-state index contributed by atoms with van der Waals surface area (Å²) in [6.45, 7) is 4.03. The van der Waals surface area contributed by atoms with E-state index < -0.39 is 12.0 Å². The number of carboxylic acid groups (broad SMARTS) is 1. The van der Waals surface area contributed by atoms with Crippen molar-refractivity contribution in [2.45, 2.75) is 12.6 Å². The molecule has 0 bridgehead atoms. The summed E-state index contributed by atoms with van der Waals surface area (Å²) >= 11 is 3.48. The van der Waals surface area contributed by atoms with Crippen LogP contribution in [0.15, 0.2) is 71.3 Å². The van der Waals surface area contributed by atoms with E-state index in [1.165, 1.54) is 16.3 Å². The van der Waals surface area contributed by atoms with Crippen LogP contribution in [0.1, 0.15) is 17.2 Å². The second-order valence-corrected chi connectivity index (χ2v) is 9.04. The molecule has 31 heavy (non-hydrogen) atoms. The van der Waals surface area contributed by atoms with Gasteiger partial charge in [-0.25, -0.2) is 0 Å². The van der Waals surface area contributed by atoms with Crippen LogP contribution < -0.4 is 0 Å². The van der Waals surface area contributed by atoms with Crippen molar-refractivity contribution in [2.24, 2.45) is 0 Å². The molecule has 1 unspecified atom stereocenters. The number of carboxylic acids is 1. The average molecular weight is 478 g/mol. The highest BCUT2D eigenvalue weighted by molar-refractivity contribution is 9.10. The molecule has 158 valence electrons. The number of hydrogen-bond donors (Lipinski definition) is 2. The zero-order valence-electron chi connectivity index (χ0n) is 17.1. The number of rotatable bonds is 5. The first-order valence-electron chi connectivity index (χ1n) is 10.5. The number of fused-ring (bicyclic) bond motifs is 2. The van der Waals surface area contributed by atoms with Crippen LogP contribution in [0.25, 0.3) is 21.7 Å². The fourth-order valence-corrected chi connectivity index (χ4v) is 5.05. The summed E-state index contributed by atoms with van der Waals surface area (Å²) in [7, 11) is 0. The van der Waals surface area contributed by atoms with Crippen molar-refractivity contribution in [1.29, 1.82) is 0 Å². The van der Waals surface area contributed by atoms with Gasteiger partial charge in [0.05, 0.1) is 0 Å². The van der Waals surface area contributed by atoms with Crippen molar-refractivity contribution < 1.29 is 9.90 Å². The molecule has 3 aromatic carbocycles. The van der Waals surface area contributed by atoms with Crippen LogP contribution in [0.2, 0.25) is 0 Å². The minimum Gasteiger partial charge on any atom is -0.480 e. The number of halogens is 1. The number of aromatic amines is 1. The maximum Gasteiger partial charge on any atom is 0.325 e. The zero-order valence-corrected chi connectivity index (χ0v) is 18.7. The van der Waals surface area contributed by atoms with Crippen molar-refractivity contribution in [3.05, 3.63) is 82.5 Å². The lowest BCUT2D eigenvalue weighted by molar-refractivity contribution is -0.144. The zero-order chi connectivity index (χ0) is 21.4. The molecule has 1 aliphatic rings. The first-order chi connectivity index (χ1) is 15.1. The van der Waals surface area contributed by atoms with Crippen LogP contribution in [-0.4, -0.2) is 52.0 Å². The second kappa shape index (κ2) is 8.46. The van der Waals surface area contributed by atoms with Crippen molar-refractivity contribution >= 4 is 43.6 Å². The molecule has 5 rings (SSSR count). The number of nitrogens with one attached hydrogen (secondary N) is 1. The number of hydrogen-bond acceptors (Lipinski definition) is 3. The maximum atomic E-state index is 12.2. The first-order valence-corrected chi connectivity index (χ1v) is 11.3. The molecule has 1 fully saturated rings. The molecule has 1 atom stereocenters. The third-order valence-corrected chi connectivity index (χ3v) is 6.74. The quantitative estimate of drug-likeness (QED) is 0.423. The largest absolute Gasteiger partial charge is 0.480 e. The van der Waals surface area contributed by atoms with Crippen LogP contribution in [0.4, 0.5) is 0 Å². The van der Waals surface area contributed by atoms with Crippen molar-refractivity contribution in [2.75, 3.05) is 26.2 Å². The molecular formula is C25H24BrN3O2. The van der Waals surface area contributed by atoms with E-state index in [-0.39, 0.29) is 0 Å². The maximum absolute atomic E-state index is 12.2. The Morgan fingerprint density at radius 1 is 1.00 bits per heavy atom. The summed E-state index contributed by atoms with van der Waals surface area (Å²) < 4.78 is 0.974. The molecule has 0 radical (unpaired) electrons. The molecule has 0 aliphatic carbocycles. The van der Waals surface area contributed by atoms with E-state index in [0.717, 1.165) is 53.7 Å². The molecule has 4 aromatic rings. The first kappa shape index (κ1) is 20.2. The van der Waals surface area contributed by atoms with E-state index in [4.69, 9.17) is 0 Å². The van der Waals surface area contributed by atoms with E-state index in [2.05, 4.69) is 73.2 Å². The topological polar surface area (TPSA) is 59.6 Å². The smallest absolute Gasteiger partial charge is 0.325 e. The number of aromatic nitrogens is 1. The van der Waals surface area contributed by atoms with E-state index in [9.17, 15) is 9.90 Å². The van der Waals surface area contributed by atoms with Crippen molar-refractivity contribution in [3.8, 4) is 0 Å². The molecule has 1 aromatic heterocycles. The lowest BCUT2D eigenvalue weighted by Gasteiger charge is -2.37. The van der Waals surface area contributed by atoms with Gasteiger partial charge in [0.1, 0.15) is 6.04 Å². The molecule has 5 nitrogen and oxygen atoms in total. The Balaban J connectivity index is 1.33. The molecular weight excluding hydrogens is 454 g/mol. The summed E-state index contributed by atoms with van der Waals surface area (Å²) in [5, 5.41) is 13.6. The summed E-state index contributed by atoms with van der Waals surface area (Å²) in [6.07, 6.45) is 1.85. The van der Waals surface area contributed by atoms with Gasteiger partial charge in [-0.05, 0) is 28.5 Å².